The van der Waals surface area contributed by atoms with E-state index in [1.54, 1.807) is 29.2 Å². The minimum atomic E-state index is -3.64. The molecule has 1 aliphatic heterocycles. The molecule has 1 fully saturated rings. The average molecular weight is 410 g/mol. The van der Waals surface area contributed by atoms with E-state index in [-0.39, 0.29) is 48.3 Å². The van der Waals surface area contributed by atoms with Gasteiger partial charge in [-0.2, -0.15) is 4.31 Å². The summed E-state index contributed by atoms with van der Waals surface area (Å²) in [5.74, 6) is -0.347. The standard InChI is InChI=1S/C22H22N2O4S/c1-16-6-9-21(25)20(14-16)22(26)23-10-12-24(13-11-23)29(27,28)19-8-7-17-4-2-3-5-18(17)15-19/h2-9,14-15,25H,10-13H2,1H3. The number of hydrogen-bond acceptors (Lipinski definition) is 4. The van der Waals surface area contributed by atoms with Crippen LogP contribution in [-0.4, -0.2) is 54.8 Å². The molecule has 6 nitrogen and oxygen atoms in total. The lowest BCUT2D eigenvalue weighted by atomic mass is 10.1. The van der Waals surface area contributed by atoms with Crippen molar-refractivity contribution >= 4 is 26.7 Å². The van der Waals surface area contributed by atoms with Crippen molar-refractivity contribution < 1.29 is 18.3 Å². The van der Waals surface area contributed by atoms with Crippen molar-refractivity contribution in [3.05, 3.63) is 71.8 Å². The van der Waals surface area contributed by atoms with Crippen molar-refractivity contribution in [2.75, 3.05) is 26.2 Å². The Balaban J connectivity index is 1.51. The molecule has 3 aromatic carbocycles. The second-order valence-corrected chi connectivity index (χ2v) is 9.16. The van der Waals surface area contributed by atoms with Gasteiger partial charge in [0.1, 0.15) is 5.75 Å². The monoisotopic (exact) mass is 410 g/mol. The Morgan fingerprint density at radius 2 is 1.59 bits per heavy atom. The molecule has 7 heteroatoms. The van der Waals surface area contributed by atoms with Gasteiger partial charge in [-0.25, -0.2) is 8.42 Å². The fraction of sp³-hybridized carbons (Fsp3) is 0.227. The van der Waals surface area contributed by atoms with Gasteiger partial charge < -0.3 is 10.0 Å². The molecule has 0 radical (unpaired) electrons. The lowest BCUT2D eigenvalue weighted by Crippen LogP contribution is -2.50. The highest BCUT2D eigenvalue weighted by Gasteiger charge is 2.31. The van der Waals surface area contributed by atoms with Gasteiger partial charge in [0.2, 0.25) is 10.0 Å². The van der Waals surface area contributed by atoms with Gasteiger partial charge in [0.05, 0.1) is 10.5 Å². The minimum absolute atomic E-state index is 0.0631. The molecule has 1 aliphatic rings. The van der Waals surface area contributed by atoms with E-state index < -0.39 is 10.0 Å². The van der Waals surface area contributed by atoms with E-state index in [0.717, 1.165) is 16.3 Å². The number of aryl methyl sites for hydroxylation is 1. The highest BCUT2D eigenvalue weighted by molar-refractivity contribution is 7.89. The molecule has 4 rings (SSSR count). The van der Waals surface area contributed by atoms with Crippen molar-refractivity contribution in [1.29, 1.82) is 0 Å². The number of phenolic OH excluding ortho intramolecular Hbond substituents is 1. The fourth-order valence-corrected chi connectivity index (χ4v) is 5.06. The van der Waals surface area contributed by atoms with E-state index in [1.807, 2.05) is 37.3 Å². The zero-order valence-corrected chi connectivity index (χ0v) is 16.9. The third-order valence-electron chi connectivity index (χ3n) is 5.27. The van der Waals surface area contributed by atoms with Crippen LogP contribution in [-0.2, 0) is 10.0 Å². The molecular weight excluding hydrogens is 388 g/mol. The molecule has 0 aromatic heterocycles. The number of nitrogens with zero attached hydrogens (tertiary/aromatic N) is 2. The first kappa shape index (κ1) is 19.4. The van der Waals surface area contributed by atoms with Crippen LogP contribution in [0.2, 0.25) is 0 Å². The maximum atomic E-state index is 13.1. The summed E-state index contributed by atoms with van der Waals surface area (Å²) < 4.78 is 27.5. The number of rotatable bonds is 3. The number of sulfonamides is 1. The number of benzene rings is 3. The van der Waals surface area contributed by atoms with Gasteiger partial charge in [-0.15, -0.1) is 0 Å². The molecule has 150 valence electrons. The number of phenols is 1. The van der Waals surface area contributed by atoms with E-state index in [1.165, 1.54) is 10.4 Å². The number of carbonyl (C=O) groups excluding carboxylic acids is 1. The van der Waals surface area contributed by atoms with Crippen molar-refractivity contribution in [1.82, 2.24) is 9.21 Å². The molecule has 0 saturated carbocycles. The van der Waals surface area contributed by atoms with E-state index >= 15 is 0 Å². The van der Waals surface area contributed by atoms with Crippen LogP contribution in [0.1, 0.15) is 15.9 Å². The highest BCUT2D eigenvalue weighted by atomic mass is 32.2. The first-order chi connectivity index (χ1) is 13.9. The van der Waals surface area contributed by atoms with E-state index in [9.17, 15) is 18.3 Å². The number of fused-ring (bicyclic) bond motifs is 1. The molecule has 0 bridgehead atoms. The molecule has 29 heavy (non-hydrogen) atoms. The summed E-state index contributed by atoms with van der Waals surface area (Å²) in [5, 5.41) is 11.9. The van der Waals surface area contributed by atoms with Gasteiger partial charge in [-0.3, -0.25) is 4.79 Å². The molecule has 1 N–H and O–H groups in total. The molecule has 0 spiro atoms. The summed E-state index contributed by atoms with van der Waals surface area (Å²) in [5.41, 5.74) is 1.12. The van der Waals surface area contributed by atoms with Gasteiger partial charge in [0, 0.05) is 26.2 Å². The second-order valence-electron chi connectivity index (χ2n) is 7.23. The normalized spacial score (nSPS) is 15.6. The van der Waals surface area contributed by atoms with Crippen molar-refractivity contribution in [3.63, 3.8) is 0 Å². The van der Waals surface area contributed by atoms with Crippen LogP contribution in [0.15, 0.2) is 65.6 Å². The van der Waals surface area contributed by atoms with E-state index in [2.05, 4.69) is 0 Å². The molecule has 1 saturated heterocycles. The predicted molar refractivity (Wildman–Crippen MR) is 111 cm³/mol. The van der Waals surface area contributed by atoms with Crippen LogP contribution in [0.25, 0.3) is 10.8 Å². The van der Waals surface area contributed by atoms with Gasteiger partial charge in [-0.1, -0.05) is 42.0 Å². The van der Waals surface area contributed by atoms with Crippen LogP contribution in [0, 0.1) is 6.92 Å². The third kappa shape index (κ3) is 3.71. The van der Waals surface area contributed by atoms with Gasteiger partial charge in [0.15, 0.2) is 0 Å². The predicted octanol–water partition coefficient (Wildman–Crippen LogP) is 3.00. The summed E-state index contributed by atoms with van der Waals surface area (Å²) in [7, 11) is -3.64. The lowest BCUT2D eigenvalue weighted by Gasteiger charge is -2.34. The molecule has 1 amide bonds. The van der Waals surface area contributed by atoms with Crippen molar-refractivity contribution in [2.45, 2.75) is 11.8 Å². The second kappa shape index (κ2) is 7.50. The number of piperazine rings is 1. The summed E-state index contributed by atoms with van der Waals surface area (Å²) in [6.07, 6.45) is 0. The Morgan fingerprint density at radius 3 is 2.31 bits per heavy atom. The van der Waals surface area contributed by atoms with Gasteiger partial charge >= 0.3 is 0 Å². The van der Waals surface area contributed by atoms with Crippen molar-refractivity contribution in [3.8, 4) is 5.75 Å². The zero-order valence-electron chi connectivity index (χ0n) is 16.1. The third-order valence-corrected chi connectivity index (χ3v) is 7.16. The van der Waals surface area contributed by atoms with E-state index in [0.29, 0.717) is 0 Å². The molecule has 1 heterocycles. The van der Waals surface area contributed by atoms with Crippen LogP contribution in [0.5, 0.6) is 5.75 Å². The Hall–Kier alpha value is -2.90. The minimum Gasteiger partial charge on any atom is -0.507 e. The summed E-state index contributed by atoms with van der Waals surface area (Å²) in [6.45, 7) is 2.84. The van der Waals surface area contributed by atoms with Crippen LogP contribution in [0.4, 0.5) is 0 Å². The molecule has 0 aliphatic carbocycles. The maximum absolute atomic E-state index is 13.1. The van der Waals surface area contributed by atoms with Crippen LogP contribution < -0.4 is 0 Å². The number of hydrogen-bond donors (Lipinski definition) is 1. The lowest BCUT2D eigenvalue weighted by molar-refractivity contribution is 0.0694. The maximum Gasteiger partial charge on any atom is 0.257 e. The van der Waals surface area contributed by atoms with Gasteiger partial charge in [-0.05, 0) is 42.0 Å². The smallest absolute Gasteiger partial charge is 0.257 e. The number of amides is 1. The summed E-state index contributed by atoms with van der Waals surface area (Å²) in [4.78, 5) is 14.6. The number of aromatic hydroxyl groups is 1. The van der Waals surface area contributed by atoms with Crippen LogP contribution >= 0.6 is 0 Å². The van der Waals surface area contributed by atoms with E-state index in [4.69, 9.17) is 0 Å². The quantitative estimate of drug-likeness (QED) is 0.720. The SMILES string of the molecule is Cc1ccc(O)c(C(=O)N2CCN(S(=O)(=O)c3ccc4ccccc4c3)CC2)c1. The Morgan fingerprint density at radius 1 is 0.897 bits per heavy atom. The number of carbonyl (C=O) groups is 1. The molecule has 0 atom stereocenters. The highest BCUT2D eigenvalue weighted by Crippen LogP contribution is 2.24. The van der Waals surface area contributed by atoms with Crippen molar-refractivity contribution in [2.24, 2.45) is 0 Å². The molecular formula is C22H22N2O4S. The molecule has 0 unspecified atom stereocenters. The average Bonchev–Trinajstić information content (AvgIpc) is 2.74. The van der Waals surface area contributed by atoms with Gasteiger partial charge in [0.25, 0.3) is 5.91 Å². The topological polar surface area (TPSA) is 77.9 Å². The first-order valence-electron chi connectivity index (χ1n) is 9.44. The Kier molecular flexibility index (Phi) is 5.02. The summed E-state index contributed by atoms with van der Waals surface area (Å²) >= 11 is 0. The zero-order chi connectivity index (χ0) is 20.6. The first-order valence-corrected chi connectivity index (χ1v) is 10.9. The molecule has 3 aromatic rings. The van der Waals surface area contributed by atoms with Crippen LogP contribution in [0.3, 0.4) is 0 Å². The Bertz CT molecular complexity index is 1180. The fourth-order valence-electron chi connectivity index (χ4n) is 3.60. The Labute approximate surface area is 170 Å². The largest absolute Gasteiger partial charge is 0.507 e. The summed E-state index contributed by atoms with van der Waals surface area (Å²) in [6, 6.07) is 17.6.